The molecule has 3 rings (SSSR count). The average molecular weight is 332 g/mol. The van der Waals surface area contributed by atoms with Crippen LogP contribution in [0.2, 0.25) is 5.02 Å². The van der Waals surface area contributed by atoms with Gasteiger partial charge in [0.2, 0.25) is 0 Å². The zero-order valence-corrected chi connectivity index (χ0v) is 13.9. The van der Waals surface area contributed by atoms with E-state index in [1.54, 1.807) is 0 Å². The van der Waals surface area contributed by atoms with Crippen LogP contribution in [0.4, 0.5) is 0 Å². The van der Waals surface area contributed by atoms with E-state index in [0.29, 0.717) is 6.04 Å². The van der Waals surface area contributed by atoms with E-state index < -0.39 is 0 Å². The van der Waals surface area contributed by atoms with E-state index >= 15 is 0 Å². The van der Waals surface area contributed by atoms with Crippen molar-refractivity contribution < 1.29 is 4.74 Å². The lowest BCUT2D eigenvalue weighted by Crippen LogP contribution is -2.42. The predicted molar refractivity (Wildman–Crippen MR) is 92.5 cm³/mol. The number of hydrogen-bond acceptors (Lipinski definition) is 4. The van der Waals surface area contributed by atoms with Crippen LogP contribution in [0.25, 0.3) is 0 Å². The standard InChI is InChI=1S/C18H22ClN3O/c19-16-6-4-15(5-7-16)18(22-9-11-23-12-10-22)14-20-13-17-3-1-2-8-21-17/h1-8,18,20H,9-14H2. The maximum absolute atomic E-state index is 6.03. The minimum Gasteiger partial charge on any atom is -0.379 e. The number of benzene rings is 1. The zero-order chi connectivity index (χ0) is 15.9. The molecule has 0 bridgehead atoms. The Morgan fingerprint density at radius 1 is 1.13 bits per heavy atom. The summed E-state index contributed by atoms with van der Waals surface area (Å²) in [5.41, 5.74) is 2.34. The lowest BCUT2D eigenvalue weighted by molar-refractivity contribution is 0.0161. The number of ether oxygens (including phenoxy) is 1. The molecule has 122 valence electrons. The minimum atomic E-state index is 0.319. The summed E-state index contributed by atoms with van der Waals surface area (Å²) in [5.74, 6) is 0. The van der Waals surface area contributed by atoms with Gasteiger partial charge in [-0.1, -0.05) is 29.8 Å². The molecule has 0 radical (unpaired) electrons. The number of pyridine rings is 1. The SMILES string of the molecule is Clc1ccc(C(CNCc2ccccn2)N2CCOCC2)cc1. The molecule has 0 amide bonds. The van der Waals surface area contributed by atoms with Crippen LogP contribution in [0.3, 0.4) is 0 Å². The largest absolute Gasteiger partial charge is 0.379 e. The van der Waals surface area contributed by atoms with Gasteiger partial charge in [0.15, 0.2) is 0 Å². The van der Waals surface area contributed by atoms with Gasteiger partial charge in [0.25, 0.3) is 0 Å². The van der Waals surface area contributed by atoms with E-state index in [1.165, 1.54) is 5.56 Å². The minimum absolute atomic E-state index is 0.319. The van der Waals surface area contributed by atoms with Crippen LogP contribution in [-0.2, 0) is 11.3 Å². The number of morpholine rings is 1. The third kappa shape index (κ3) is 4.75. The number of nitrogens with zero attached hydrogens (tertiary/aromatic N) is 2. The van der Waals surface area contributed by atoms with Crippen LogP contribution in [-0.4, -0.2) is 42.7 Å². The number of halogens is 1. The third-order valence-corrected chi connectivity index (χ3v) is 4.36. The molecule has 1 aliphatic heterocycles. The van der Waals surface area contributed by atoms with Gasteiger partial charge >= 0.3 is 0 Å². The van der Waals surface area contributed by atoms with Crippen LogP contribution in [0, 0.1) is 0 Å². The van der Waals surface area contributed by atoms with E-state index in [2.05, 4.69) is 27.3 Å². The Morgan fingerprint density at radius 2 is 1.91 bits per heavy atom. The van der Waals surface area contributed by atoms with Crippen molar-refractivity contribution in [3.05, 3.63) is 64.9 Å². The Hall–Kier alpha value is -1.46. The normalized spacial score (nSPS) is 17.1. The molecule has 0 spiro atoms. The van der Waals surface area contributed by atoms with Crippen molar-refractivity contribution in [1.29, 1.82) is 0 Å². The number of nitrogens with one attached hydrogen (secondary N) is 1. The van der Waals surface area contributed by atoms with E-state index in [0.717, 1.165) is 50.1 Å². The summed E-state index contributed by atoms with van der Waals surface area (Å²) in [6, 6.07) is 14.5. The first kappa shape index (κ1) is 16.4. The molecule has 2 heterocycles. The lowest BCUT2D eigenvalue weighted by atomic mass is 10.0. The van der Waals surface area contributed by atoms with E-state index in [1.807, 2.05) is 36.5 Å². The monoisotopic (exact) mass is 331 g/mol. The Labute approximate surface area is 142 Å². The van der Waals surface area contributed by atoms with Gasteiger partial charge in [0.05, 0.1) is 18.9 Å². The van der Waals surface area contributed by atoms with Crippen LogP contribution < -0.4 is 5.32 Å². The molecule has 1 aromatic carbocycles. The highest BCUT2D eigenvalue weighted by Gasteiger charge is 2.22. The Morgan fingerprint density at radius 3 is 2.61 bits per heavy atom. The molecule has 1 saturated heterocycles. The molecular formula is C18H22ClN3O. The zero-order valence-electron chi connectivity index (χ0n) is 13.1. The van der Waals surface area contributed by atoms with Crippen molar-refractivity contribution in [3.8, 4) is 0 Å². The Balaban J connectivity index is 1.65. The predicted octanol–water partition coefficient (Wildman–Crippen LogP) is 2.90. The van der Waals surface area contributed by atoms with Crippen LogP contribution in [0.15, 0.2) is 48.7 Å². The number of aromatic nitrogens is 1. The van der Waals surface area contributed by atoms with Crippen LogP contribution in [0.1, 0.15) is 17.3 Å². The van der Waals surface area contributed by atoms with Crippen molar-refractivity contribution in [2.75, 3.05) is 32.8 Å². The Bertz CT molecular complexity index is 585. The molecule has 0 saturated carbocycles. The smallest absolute Gasteiger partial charge is 0.0594 e. The molecule has 1 N–H and O–H groups in total. The van der Waals surface area contributed by atoms with E-state index in [9.17, 15) is 0 Å². The molecule has 1 atom stereocenters. The van der Waals surface area contributed by atoms with Gasteiger partial charge in [-0.3, -0.25) is 9.88 Å². The third-order valence-electron chi connectivity index (χ3n) is 4.11. The van der Waals surface area contributed by atoms with Crippen molar-refractivity contribution in [1.82, 2.24) is 15.2 Å². The van der Waals surface area contributed by atoms with Gasteiger partial charge in [-0.25, -0.2) is 0 Å². The highest BCUT2D eigenvalue weighted by Crippen LogP contribution is 2.23. The van der Waals surface area contributed by atoms with Gasteiger partial charge < -0.3 is 10.1 Å². The second-order valence-electron chi connectivity index (χ2n) is 5.67. The van der Waals surface area contributed by atoms with Gasteiger partial charge in [-0.05, 0) is 29.8 Å². The van der Waals surface area contributed by atoms with E-state index in [4.69, 9.17) is 16.3 Å². The van der Waals surface area contributed by atoms with Crippen molar-refractivity contribution in [3.63, 3.8) is 0 Å². The van der Waals surface area contributed by atoms with Crippen LogP contribution >= 0.6 is 11.6 Å². The molecular weight excluding hydrogens is 310 g/mol. The Kier molecular flexibility index (Phi) is 6.00. The summed E-state index contributed by atoms with van der Waals surface area (Å²) >= 11 is 6.03. The molecule has 1 unspecified atom stereocenters. The molecule has 1 fully saturated rings. The van der Waals surface area contributed by atoms with Gasteiger partial charge in [0, 0.05) is 43.4 Å². The van der Waals surface area contributed by atoms with Crippen LogP contribution in [0.5, 0.6) is 0 Å². The van der Waals surface area contributed by atoms with Gasteiger partial charge in [-0.2, -0.15) is 0 Å². The summed E-state index contributed by atoms with van der Waals surface area (Å²) in [7, 11) is 0. The first-order valence-electron chi connectivity index (χ1n) is 8.01. The highest BCUT2D eigenvalue weighted by atomic mass is 35.5. The molecule has 4 nitrogen and oxygen atoms in total. The van der Waals surface area contributed by atoms with Crippen molar-refractivity contribution in [2.24, 2.45) is 0 Å². The summed E-state index contributed by atoms with van der Waals surface area (Å²) in [6.45, 7) is 5.15. The van der Waals surface area contributed by atoms with Gasteiger partial charge in [0.1, 0.15) is 0 Å². The van der Waals surface area contributed by atoms with E-state index in [-0.39, 0.29) is 0 Å². The topological polar surface area (TPSA) is 37.4 Å². The summed E-state index contributed by atoms with van der Waals surface area (Å²) < 4.78 is 5.49. The first-order valence-corrected chi connectivity index (χ1v) is 8.38. The molecule has 23 heavy (non-hydrogen) atoms. The van der Waals surface area contributed by atoms with Crippen molar-refractivity contribution in [2.45, 2.75) is 12.6 Å². The summed E-state index contributed by atoms with van der Waals surface area (Å²) in [5, 5.41) is 4.31. The van der Waals surface area contributed by atoms with Gasteiger partial charge in [-0.15, -0.1) is 0 Å². The summed E-state index contributed by atoms with van der Waals surface area (Å²) in [6.07, 6.45) is 1.83. The maximum Gasteiger partial charge on any atom is 0.0594 e. The molecule has 1 aliphatic rings. The maximum atomic E-state index is 6.03. The average Bonchev–Trinajstić information content (AvgIpc) is 2.61. The highest BCUT2D eigenvalue weighted by molar-refractivity contribution is 6.30. The molecule has 2 aromatic rings. The summed E-state index contributed by atoms with van der Waals surface area (Å²) in [4.78, 5) is 6.83. The second-order valence-corrected chi connectivity index (χ2v) is 6.10. The van der Waals surface area contributed by atoms with Crippen molar-refractivity contribution >= 4 is 11.6 Å². The molecule has 1 aromatic heterocycles. The first-order chi connectivity index (χ1) is 11.3. The molecule has 0 aliphatic carbocycles. The number of hydrogen-bond donors (Lipinski definition) is 1. The molecule has 5 heteroatoms. The number of rotatable bonds is 6. The lowest BCUT2D eigenvalue weighted by Gasteiger charge is -2.35. The fourth-order valence-electron chi connectivity index (χ4n) is 2.87. The second kappa shape index (κ2) is 8.41. The fraction of sp³-hybridized carbons (Fsp3) is 0.389. The fourth-order valence-corrected chi connectivity index (χ4v) is 3.00. The quantitative estimate of drug-likeness (QED) is 0.883.